The highest BCUT2D eigenvalue weighted by Crippen LogP contribution is 2.38. The molecule has 2 aromatic rings. The van der Waals surface area contributed by atoms with Crippen molar-refractivity contribution in [2.75, 3.05) is 5.73 Å². The Balaban J connectivity index is 2.45. The Kier molecular flexibility index (Phi) is 4.04. The van der Waals surface area contributed by atoms with E-state index in [4.69, 9.17) is 45.3 Å². The van der Waals surface area contributed by atoms with Crippen LogP contribution in [-0.2, 0) is 0 Å². The number of rotatable bonds is 2. The van der Waals surface area contributed by atoms with Gasteiger partial charge in [-0.2, -0.15) is 0 Å². The number of aromatic nitrogens is 2. The van der Waals surface area contributed by atoms with Crippen molar-refractivity contribution < 1.29 is 4.74 Å². The van der Waals surface area contributed by atoms with Crippen LogP contribution < -0.4 is 10.5 Å². The predicted octanol–water partition coefficient (Wildman–Crippen LogP) is 4.43. The van der Waals surface area contributed by atoms with Gasteiger partial charge in [0.2, 0.25) is 5.88 Å². The Bertz CT molecular complexity index is 623. The van der Waals surface area contributed by atoms with Crippen LogP contribution in [0.1, 0.15) is 11.1 Å². The first-order valence-electron chi connectivity index (χ1n) is 5.32. The number of ether oxygens (including phenoxy) is 1. The molecule has 0 aliphatic carbocycles. The zero-order chi connectivity index (χ0) is 14.2. The molecule has 2 rings (SSSR count). The minimum atomic E-state index is 0.289. The number of nitrogens with two attached hydrogens (primary N) is 1. The summed E-state index contributed by atoms with van der Waals surface area (Å²) >= 11 is 18.0. The number of anilines is 1. The largest absolute Gasteiger partial charge is 0.434 e. The van der Waals surface area contributed by atoms with Crippen molar-refractivity contribution in [3.05, 3.63) is 38.5 Å². The average molecular weight is 319 g/mol. The Morgan fingerprint density at radius 2 is 1.58 bits per heavy atom. The Morgan fingerprint density at radius 1 is 1.00 bits per heavy atom. The molecular weight excluding hydrogens is 309 g/mol. The SMILES string of the molecule is Cc1c(Cl)nnc(Oc2c(Cl)cc(N)cc2Cl)c1C. The molecule has 0 amide bonds. The van der Waals surface area contributed by atoms with Gasteiger partial charge in [-0.25, -0.2) is 0 Å². The molecule has 7 heteroatoms. The van der Waals surface area contributed by atoms with E-state index in [9.17, 15) is 0 Å². The molecule has 19 heavy (non-hydrogen) atoms. The normalized spacial score (nSPS) is 10.6. The summed E-state index contributed by atoms with van der Waals surface area (Å²) in [5, 5.41) is 8.62. The molecule has 0 saturated heterocycles. The molecule has 0 saturated carbocycles. The van der Waals surface area contributed by atoms with Crippen molar-refractivity contribution >= 4 is 40.5 Å². The van der Waals surface area contributed by atoms with Crippen molar-refractivity contribution in [2.24, 2.45) is 0 Å². The molecule has 100 valence electrons. The first-order valence-corrected chi connectivity index (χ1v) is 6.45. The first-order chi connectivity index (χ1) is 8.90. The van der Waals surface area contributed by atoms with Crippen molar-refractivity contribution in [3.63, 3.8) is 0 Å². The van der Waals surface area contributed by atoms with Gasteiger partial charge >= 0.3 is 0 Å². The molecule has 0 unspecified atom stereocenters. The maximum atomic E-state index is 6.04. The van der Waals surface area contributed by atoms with Gasteiger partial charge in [0.1, 0.15) is 0 Å². The summed E-state index contributed by atoms with van der Waals surface area (Å²) in [4.78, 5) is 0. The van der Waals surface area contributed by atoms with E-state index < -0.39 is 0 Å². The zero-order valence-corrected chi connectivity index (χ0v) is 12.4. The van der Waals surface area contributed by atoms with E-state index >= 15 is 0 Å². The lowest BCUT2D eigenvalue weighted by Gasteiger charge is -2.12. The third-order valence-electron chi connectivity index (χ3n) is 2.64. The van der Waals surface area contributed by atoms with Crippen LogP contribution in [0.5, 0.6) is 11.6 Å². The highest BCUT2D eigenvalue weighted by atomic mass is 35.5. The van der Waals surface area contributed by atoms with Crippen LogP contribution in [0.15, 0.2) is 12.1 Å². The van der Waals surface area contributed by atoms with Gasteiger partial charge in [0.25, 0.3) is 0 Å². The molecule has 1 aromatic heterocycles. The van der Waals surface area contributed by atoms with Gasteiger partial charge in [-0.05, 0) is 31.5 Å². The Labute approximate surface area is 125 Å². The van der Waals surface area contributed by atoms with E-state index in [0.29, 0.717) is 26.8 Å². The first kappa shape index (κ1) is 14.2. The van der Waals surface area contributed by atoms with Crippen LogP contribution in [-0.4, -0.2) is 10.2 Å². The molecule has 1 heterocycles. The van der Waals surface area contributed by atoms with E-state index in [1.165, 1.54) is 0 Å². The summed E-state index contributed by atoms with van der Waals surface area (Å²) in [5.41, 5.74) is 7.64. The highest BCUT2D eigenvalue weighted by Gasteiger charge is 2.15. The van der Waals surface area contributed by atoms with Gasteiger partial charge in [0, 0.05) is 11.3 Å². The quantitative estimate of drug-likeness (QED) is 0.832. The van der Waals surface area contributed by atoms with Crippen molar-refractivity contribution in [1.82, 2.24) is 10.2 Å². The molecule has 0 fully saturated rings. The fourth-order valence-electron chi connectivity index (χ4n) is 1.43. The van der Waals surface area contributed by atoms with Gasteiger partial charge in [-0.3, -0.25) is 0 Å². The summed E-state index contributed by atoms with van der Waals surface area (Å²) in [5.74, 6) is 0.590. The third-order valence-corrected chi connectivity index (χ3v) is 3.56. The maximum Gasteiger partial charge on any atom is 0.242 e. The predicted molar refractivity (Wildman–Crippen MR) is 77.5 cm³/mol. The Morgan fingerprint density at radius 3 is 2.16 bits per heavy atom. The third kappa shape index (κ3) is 2.86. The summed E-state index contributed by atoms with van der Waals surface area (Å²) in [7, 11) is 0. The van der Waals surface area contributed by atoms with E-state index in [-0.39, 0.29) is 5.75 Å². The van der Waals surface area contributed by atoms with Gasteiger partial charge in [-0.1, -0.05) is 34.8 Å². The molecular formula is C12H10Cl3N3O. The fraction of sp³-hybridized carbons (Fsp3) is 0.167. The lowest BCUT2D eigenvalue weighted by molar-refractivity contribution is 0.451. The van der Waals surface area contributed by atoms with E-state index in [2.05, 4.69) is 10.2 Å². The topological polar surface area (TPSA) is 61.0 Å². The second-order valence-electron chi connectivity index (χ2n) is 3.96. The van der Waals surface area contributed by atoms with Crippen LogP contribution in [0.4, 0.5) is 5.69 Å². The standard InChI is InChI=1S/C12H10Cl3N3O/c1-5-6(2)12(18-17-11(5)15)19-10-8(13)3-7(16)4-9(10)14/h3-4H,16H2,1-2H3. The molecule has 0 radical (unpaired) electrons. The molecule has 0 atom stereocenters. The molecule has 0 bridgehead atoms. The van der Waals surface area contributed by atoms with E-state index in [1.807, 2.05) is 13.8 Å². The smallest absolute Gasteiger partial charge is 0.242 e. The average Bonchev–Trinajstić information content (AvgIpc) is 2.33. The monoisotopic (exact) mass is 317 g/mol. The minimum Gasteiger partial charge on any atom is -0.434 e. The summed E-state index contributed by atoms with van der Waals surface area (Å²) < 4.78 is 5.61. The number of nitrogens with zero attached hydrogens (tertiary/aromatic N) is 2. The zero-order valence-electron chi connectivity index (χ0n) is 10.2. The van der Waals surface area contributed by atoms with Gasteiger partial charge in [0.15, 0.2) is 10.9 Å². The second-order valence-corrected chi connectivity index (χ2v) is 5.13. The van der Waals surface area contributed by atoms with Gasteiger partial charge in [-0.15, -0.1) is 10.2 Å². The number of nitrogen functional groups attached to an aromatic ring is 1. The number of hydrogen-bond donors (Lipinski definition) is 1. The van der Waals surface area contributed by atoms with Gasteiger partial charge in [0.05, 0.1) is 10.0 Å². The van der Waals surface area contributed by atoms with Crippen molar-refractivity contribution in [2.45, 2.75) is 13.8 Å². The van der Waals surface area contributed by atoms with Gasteiger partial charge < -0.3 is 10.5 Å². The summed E-state index contributed by atoms with van der Waals surface area (Å²) in [6.07, 6.45) is 0. The van der Waals surface area contributed by atoms with Crippen LogP contribution >= 0.6 is 34.8 Å². The molecule has 2 N–H and O–H groups in total. The Hall–Kier alpha value is -1.23. The van der Waals surface area contributed by atoms with Crippen LogP contribution in [0.25, 0.3) is 0 Å². The molecule has 0 aliphatic rings. The second kappa shape index (κ2) is 5.41. The molecule has 4 nitrogen and oxygen atoms in total. The number of benzene rings is 1. The highest BCUT2D eigenvalue weighted by molar-refractivity contribution is 6.37. The molecule has 1 aromatic carbocycles. The minimum absolute atomic E-state index is 0.289. The summed E-state index contributed by atoms with van der Waals surface area (Å²) in [6, 6.07) is 3.10. The number of halogens is 3. The van der Waals surface area contributed by atoms with E-state index in [1.54, 1.807) is 12.1 Å². The van der Waals surface area contributed by atoms with Crippen LogP contribution in [0.2, 0.25) is 15.2 Å². The van der Waals surface area contributed by atoms with E-state index in [0.717, 1.165) is 11.1 Å². The van der Waals surface area contributed by atoms with Crippen LogP contribution in [0, 0.1) is 13.8 Å². The number of hydrogen-bond acceptors (Lipinski definition) is 4. The lowest BCUT2D eigenvalue weighted by Crippen LogP contribution is -1.99. The summed E-state index contributed by atoms with van der Waals surface area (Å²) in [6.45, 7) is 3.65. The maximum absolute atomic E-state index is 6.04. The fourth-order valence-corrected chi connectivity index (χ4v) is 2.19. The van der Waals surface area contributed by atoms with Crippen molar-refractivity contribution in [1.29, 1.82) is 0 Å². The lowest BCUT2D eigenvalue weighted by atomic mass is 10.2. The molecule has 0 spiro atoms. The van der Waals surface area contributed by atoms with Crippen LogP contribution in [0.3, 0.4) is 0 Å². The van der Waals surface area contributed by atoms with Crippen molar-refractivity contribution in [3.8, 4) is 11.6 Å². The molecule has 0 aliphatic heterocycles.